The third-order valence-corrected chi connectivity index (χ3v) is 2.47. The van der Waals surface area contributed by atoms with Crippen molar-refractivity contribution in [3.63, 3.8) is 0 Å². The summed E-state index contributed by atoms with van der Waals surface area (Å²) < 4.78 is 10.3. The molecule has 0 saturated carbocycles. The summed E-state index contributed by atoms with van der Waals surface area (Å²) in [5.74, 6) is -1.42. The molecule has 1 amide bonds. The minimum Gasteiger partial charge on any atom is -0.548 e. The number of benzene rings is 1. The first-order valence-corrected chi connectivity index (χ1v) is 6.60. The van der Waals surface area contributed by atoms with Crippen LogP contribution in [0.1, 0.15) is 26.3 Å². The topological polar surface area (TPSA) is 87.7 Å². The summed E-state index contributed by atoms with van der Waals surface area (Å²) in [6.07, 6.45) is -0.828. The highest BCUT2D eigenvalue weighted by Gasteiger charge is 2.18. The van der Waals surface area contributed by atoms with E-state index in [4.69, 9.17) is 9.47 Å². The highest BCUT2D eigenvalue weighted by atomic mass is 16.5. The molecule has 0 bridgehead atoms. The van der Waals surface area contributed by atoms with E-state index in [0.29, 0.717) is 0 Å². The Morgan fingerprint density at radius 1 is 1.24 bits per heavy atom. The summed E-state index contributed by atoms with van der Waals surface area (Å²) in [6.45, 7) is 5.23. The summed E-state index contributed by atoms with van der Waals surface area (Å²) in [4.78, 5) is 22.5. The lowest BCUT2D eigenvalue weighted by Gasteiger charge is -2.25. The predicted molar refractivity (Wildman–Crippen MR) is 74.3 cm³/mol. The molecule has 0 aromatic heterocycles. The number of aliphatic carboxylic acids is 1. The van der Waals surface area contributed by atoms with Crippen LogP contribution in [0.3, 0.4) is 0 Å². The van der Waals surface area contributed by atoms with E-state index >= 15 is 0 Å². The second kappa shape index (κ2) is 7.64. The standard InChI is InChI=1S/C15H21NO5/c1-15(2,3)21-10-12(13(17)18)16-14(19)20-9-11-7-5-4-6-8-11/h4-8,12H,9-10H2,1-3H3,(H,16,19)(H,17,18)/p-1/t12-/m1/s1. The first-order valence-electron chi connectivity index (χ1n) is 6.60. The SMILES string of the molecule is CC(C)(C)OC[C@@H](NC(=O)OCc1ccccc1)C(=O)[O-]. The molecule has 6 heteroatoms. The molecule has 0 aliphatic heterocycles. The van der Waals surface area contributed by atoms with Crippen LogP contribution < -0.4 is 10.4 Å². The molecule has 6 nitrogen and oxygen atoms in total. The number of carbonyl (C=O) groups is 2. The molecule has 1 atom stereocenters. The van der Waals surface area contributed by atoms with Crippen LogP contribution in [0.5, 0.6) is 0 Å². The maximum Gasteiger partial charge on any atom is 0.408 e. The number of alkyl carbamates (subject to hydrolysis) is 1. The van der Waals surface area contributed by atoms with Gasteiger partial charge in [0.2, 0.25) is 0 Å². The van der Waals surface area contributed by atoms with Crippen LogP contribution >= 0.6 is 0 Å². The fraction of sp³-hybridized carbons (Fsp3) is 0.467. The summed E-state index contributed by atoms with van der Waals surface area (Å²) in [5.41, 5.74) is 0.298. The highest BCUT2D eigenvalue weighted by molar-refractivity contribution is 5.78. The molecule has 1 rings (SSSR count). The van der Waals surface area contributed by atoms with Gasteiger partial charge in [-0.05, 0) is 26.3 Å². The van der Waals surface area contributed by atoms with Crippen molar-refractivity contribution >= 4 is 12.1 Å². The average molecular weight is 294 g/mol. The van der Waals surface area contributed by atoms with Gasteiger partial charge in [-0.15, -0.1) is 0 Å². The van der Waals surface area contributed by atoms with Gasteiger partial charge < -0.3 is 24.7 Å². The van der Waals surface area contributed by atoms with Gasteiger partial charge in [-0.3, -0.25) is 0 Å². The third-order valence-electron chi connectivity index (χ3n) is 2.47. The second-order valence-electron chi connectivity index (χ2n) is 5.50. The van der Waals surface area contributed by atoms with Gasteiger partial charge in [0.15, 0.2) is 0 Å². The molecule has 116 valence electrons. The number of carboxylic acids is 1. The summed E-state index contributed by atoms with van der Waals surface area (Å²) in [5, 5.41) is 13.2. The Labute approximate surface area is 124 Å². The van der Waals surface area contributed by atoms with Crippen molar-refractivity contribution in [3.8, 4) is 0 Å². The third kappa shape index (κ3) is 7.31. The lowest BCUT2D eigenvalue weighted by molar-refractivity contribution is -0.309. The van der Waals surface area contributed by atoms with E-state index < -0.39 is 23.7 Å². The molecule has 0 aliphatic rings. The lowest BCUT2D eigenvalue weighted by atomic mass is 10.2. The van der Waals surface area contributed by atoms with Crippen molar-refractivity contribution in [2.45, 2.75) is 39.0 Å². The van der Waals surface area contributed by atoms with Gasteiger partial charge in [0.25, 0.3) is 0 Å². The number of nitrogens with one attached hydrogen (secondary N) is 1. The average Bonchev–Trinajstić information content (AvgIpc) is 2.41. The molecule has 0 heterocycles. The van der Waals surface area contributed by atoms with Crippen molar-refractivity contribution in [1.29, 1.82) is 0 Å². The van der Waals surface area contributed by atoms with E-state index in [2.05, 4.69) is 5.32 Å². The van der Waals surface area contributed by atoms with E-state index in [1.54, 1.807) is 32.9 Å². The molecule has 21 heavy (non-hydrogen) atoms. The van der Waals surface area contributed by atoms with Gasteiger partial charge in [-0.25, -0.2) is 4.79 Å². The smallest absolute Gasteiger partial charge is 0.408 e. The highest BCUT2D eigenvalue weighted by Crippen LogP contribution is 2.07. The number of hydrogen-bond acceptors (Lipinski definition) is 5. The Morgan fingerprint density at radius 2 is 1.86 bits per heavy atom. The number of hydrogen-bond donors (Lipinski definition) is 1. The van der Waals surface area contributed by atoms with E-state index in [0.717, 1.165) is 5.56 Å². The first kappa shape index (κ1) is 17.0. The van der Waals surface area contributed by atoms with Crippen LogP contribution in [0.15, 0.2) is 30.3 Å². The molecule has 1 aromatic carbocycles. The van der Waals surface area contributed by atoms with Crippen LogP contribution in [-0.4, -0.2) is 30.3 Å². The number of carboxylic acid groups (broad SMARTS) is 1. The monoisotopic (exact) mass is 294 g/mol. The molecular formula is C15H20NO5-. The van der Waals surface area contributed by atoms with E-state index in [9.17, 15) is 14.7 Å². The quantitative estimate of drug-likeness (QED) is 0.840. The van der Waals surface area contributed by atoms with Crippen LogP contribution in [0, 0.1) is 0 Å². The second-order valence-corrected chi connectivity index (χ2v) is 5.50. The molecule has 0 aliphatic carbocycles. The minimum absolute atomic E-state index is 0.0621. The Bertz CT molecular complexity index is 467. The van der Waals surface area contributed by atoms with Crippen molar-refractivity contribution in [3.05, 3.63) is 35.9 Å². The molecule has 0 spiro atoms. The van der Waals surface area contributed by atoms with Gasteiger partial charge in [0.1, 0.15) is 6.61 Å². The van der Waals surface area contributed by atoms with Gasteiger partial charge in [-0.2, -0.15) is 0 Å². The molecule has 1 N–H and O–H groups in total. The molecular weight excluding hydrogens is 274 g/mol. The zero-order chi connectivity index (χ0) is 15.9. The number of amides is 1. The zero-order valence-electron chi connectivity index (χ0n) is 12.4. The maximum absolute atomic E-state index is 11.6. The van der Waals surface area contributed by atoms with Crippen LogP contribution in [0.4, 0.5) is 4.79 Å². The Balaban J connectivity index is 2.43. The fourth-order valence-electron chi connectivity index (χ4n) is 1.41. The zero-order valence-corrected chi connectivity index (χ0v) is 12.4. The van der Waals surface area contributed by atoms with Crippen LogP contribution in [0.25, 0.3) is 0 Å². The van der Waals surface area contributed by atoms with Gasteiger partial charge in [0.05, 0.1) is 24.2 Å². The van der Waals surface area contributed by atoms with E-state index in [1.807, 2.05) is 18.2 Å². The van der Waals surface area contributed by atoms with Crippen molar-refractivity contribution < 1.29 is 24.2 Å². The van der Waals surface area contributed by atoms with Crippen LogP contribution in [0.2, 0.25) is 0 Å². The number of ether oxygens (including phenoxy) is 2. The number of rotatable bonds is 6. The fourth-order valence-corrected chi connectivity index (χ4v) is 1.41. The van der Waals surface area contributed by atoms with Crippen LogP contribution in [-0.2, 0) is 20.9 Å². The van der Waals surface area contributed by atoms with E-state index in [-0.39, 0.29) is 13.2 Å². The normalized spacial score (nSPS) is 12.5. The number of carbonyl (C=O) groups excluding carboxylic acids is 2. The summed E-state index contributed by atoms with van der Waals surface area (Å²) >= 11 is 0. The summed E-state index contributed by atoms with van der Waals surface area (Å²) in [6, 6.07) is 7.82. The van der Waals surface area contributed by atoms with Crippen molar-refractivity contribution in [1.82, 2.24) is 5.32 Å². The van der Waals surface area contributed by atoms with Crippen molar-refractivity contribution in [2.75, 3.05) is 6.61 Å². The maximum atomic E-state index is 11.6. The lowest BCUT2D eigenvalue weighted by Crippen LogP contribution is -2.51. The predicted octanol–water partition coefficient (Wildman–Crippen LogP) is 0.846. The van der Waals surface area contributed by atoms with Gasteiger partial charge >= 0.3 is 6.09 Å². The Hall–Kier alpha value is -2.08. The minimum atomic E-state index is -1.42. The van der Waals surface area contributed by atoms with Gasteiger partial charge in [-0.1, -0.05) is 30.3 Å². The van der Waals surface area contributed by atoms with Gasteiger partial charge in [0, 0.05) is 0 Å². The molecule has 0 radical (unpaired) electrons. The largest absolute Gasteiger partial charge is 0.548 e. The van der Waals surface area contributed by atoms with Crippen molar-refractivity contribution in [2.24, 2.45) is 0 Å². The molecule has 0 unspecified atom stereocenters. The summed E-state index contributed by atoms with van der Waals surface area (Å²) in [7, 11) is 0. The first-order chi connectivity index (χ1) is 9.78. The molecule has 1 aromatic rings. The molecule has 0 saturated heterocycles. The molecule has 0 fully saturated rings. The Morgan fingerprint density at radius 3 is 2.38 bits per heavy atom. The van der Waals surface area contributed by atoms with E-state index in [1.165, 1.54) is 0 Å². The Kier molecular flexibility index (Phi) is 6.17.